The zero-order valence-electron chi connectivity index (χ0n) is 12.1. The van der Waals surface area contributed by atoms with E-state index in [-0.39, 0.29) is 21.7 Å². The predicted molar refractivity (Wildman–Crippen MR) is 85.0 cm³/mol. The van der Waals surface area contributed by atoms with E-state index in [1.807, 2.05) is 36.4 Å². The fourth-order valence-electron chi connectivity index (χ4n) is 2.28. The van der Waals surface area contributed by atoms with Gasteiger partial charge in [0.15, 0.2) is 0 Å². The van der Waals surface area contributed by atoms with Crippen LogP contribution >= 0.6 is 0 Å². The minimum absolute atomic E-state index is 0. The number of hydrogen-bond donors (Lipinski definition) is 0. The Balaban J connectivity index is 0.00000200. The molecule has 1 aromatic rings. The molecule has 1 aromatic carbocycles. The molecule has 2 rings (SSSR count). The molecule has 3 heteroatoms. The average molecular weight is 316 g/mol. The van der Waals surface area contributed by atoms with E-state index in [0.29, 0.717) is 0 Å². The second-order valence-corrected chi connectivity index (χ2v) is 7.76. The molecule has 0 saturated carbocycles. The standard InChI is InChI=1S/C17H20OSi.Ti/c1-4-16(18-15-12-6-5-7-13-15)17(19(2)3)14-10-8-9-11-14;/h4-10,12-13,19H,1,11H2,2-3H3;. The van der Waals surface area contributed by atoms with Crippen molar-refractivity contribution in [2.24, 2.45) is 0 Å². The molecule has 0 spiro atoms. The molecule has 0 heterocycles. The van der Waals surface area contributed by atoms with Crippen LogP contribution in [0.25, 0.3) is 0 Å². The Bertz CT molecular complexity index is 541. The third kappa shape index (κ3) is 4.20. The topological polar surface area (TPSA) is 9.23 Å². The monoisotopic (exact) mass is 316 g/mol. The van der Waals surface area contributed by atoms with Gasteiger partial charge in [-0.15, -0.1) is 0 Å². The van der Waals surface area contributed by atoms with E-state index in [9.17, 15) is 0 Å². The zero-order chi connectivity index (χ0) is 13.7. The first kappa shape index (κ1) is 17.0. The molecule has 0 radical (unpaired) electrons. The van der Waals surface area contributed by atoms with Crippen LogP contribution in [0.15, 0.2) is 77.7 Å². The molecule has 102 valence electrons. The van der Waals surface area contributed by atoms with E-state index >= 15 is 0 Å². The third-order valence-corrected chi connectivity index (χ3v) is 4.93. The molecule has 1 aliphatic rings. The van der Waals surface area contributed by atoms with Crippen molar-refractivity contribution in [1.29, 1.82) is 0 Å². The molecule has 0 N–H and O–H groups in total. The van der Waals surface area contributed by atoms with Crippen LogP contribution in [0.1, 0.15) is 6.42 Å². The van der Waals surface area contributed by atoms with E-state index in [4.69, 9.17) is 4.74 Å². The van der Waals surface area contributed by atoms with E-state index < -0.39 is 8.80 Å². The van der Waals surface area contributed by atoms with Gasteiger partial charge in [-0.25, -0.2) is 0 Å². The summed E-state index contributed by atoms with van der Waals surface area (Å²) < 4.78 is 6.03. The van der Waals surface area contributed by atoms with Crippen LogP contribution in [-0.4, -0.2) is 8.80 Å². The van der Waals surface area contributed by atoms with Crippen LogP contribution in [0.5, 0.6) is 5.75 Å². The molecule has 0 atom stereocenters. The summed E-state index contributed by atoms with van der Waals surface area (Å²) >= 11 is 0. The van der Waals surface area contributed by atoms with Crippen LogP contribution in [0.4, 0.5) is 0 Å². The molecule has 0 bridgehead atoms. The number of benzene rings is 1. The van der Waals surface area contributed by atoms with Crippen molar-refractivity contribution in [3.8, 4) is 5.75 Å². The van der Waals surface area contributed by atoms with Gasteiger partial charge in [0.2, 0.25) is 0 Å². The number of allylic oxidation sites excluding steroid dienone is 6. The summed E-state index contributed by atoms with van der Waals surface area (Å²) in [6.45, 7) is 8.58. The fraction of sp³-hybridized carbons (Fsp3) is 0.176. The molecule has 1 aliphatic carbocycles. The second-order valence-electron chi connectivity index (χ2n) is 4.88. The van der Waals surface area contributed by atoms with Crippen molar-refractivity contribution in [2.45, 2.75) is 19.5 Å². The van der Waals surface area contributed by atoms with Gasteiger partial charge in [-0.05, 0) is 35.4 Å². The van der Waals surface area contributed by atoms with Gasteiger partial charge < -0.3 is 4.74 Å². The van der Waals surface area contributed by atoms with Gasteiger partial charge in [-0.2, -0.15) is 0 Å². The van der Waals surface area contributed by atoms with Crippen molar-refractivity contribution >= 4 is 8.80 Å². The Morgan fingerprint density at radius 1 is 1.25 bits per heavy atom. The van der Waals surface area contributed by atoms with Gasteiger partial charge >= 0.3 is 0 Å². The van der Waals surface area contributed by atoms with Gasteiger partial charge in [0.05, 0.1) is 8.80 Å². The Hall–Kier alpha value is -1.09. The number of rotatable bonds is 5. The first-order valence-corrected chi connectivity index (χ1v) is 9.56. The van der Waals surface area contributed by atoms with Crippen molar-refractivity contribution in [2.75, 3.05) is 0 Å². The van der Waals surface area contributed by atoms with Crippen LogP contribution in [0.3, 0.4) is 0 Å². The Morgan fingerprint density at radius 3 is 2.45 bits per heavy atom. The van der Waals surface area contributed by atoms with E-state index in [2.05, 4.69) is 37.9 Å². The third-order valence-electron chi connectivity index (χ3n) is 3.12. The molecule has 1 nitrogen and oxygen atoms in total. The molecular weight excluding hydrogens is 296 g/mol. The van der Waals surface area contributed by atoms with E-state index in [1.54, 1.807) is 0 Å². The minimum atomic E-state index is -0.980. The van der Waals surface area contributed by atoms with Crippen molar-refractivity contribution in [3.63, 3.8) is 0 Å². The van der Waals surface area contributed by atoms with Gasteiger partial charge in [0.25, 0.3) is 0 Å². The van der Waals surface area contributed by atoms with Crippen LogP contribution in [0, 0.1) is 0 Å². The molecular formula is C17H20OSiTi. The quantitative estimate of drug-likeness (QED) is 0.444. The minimum Gasteiger partial charge on any atom is -0.458 e. The normalized spacial score (nSPS) is 14.4. The van der Waals surface area contributed by atoms with E-state index in [1.165, 1.54) is 10.8 Å². The molecule has 0 unspecified atom stereocenters. The van der Waals surface area contributed by atoms with Crippen molar-refractivity contribution < 1.29 is 26.5 Å². The van der Waals surface area contributed by atoms with Crippen molar-refractivity contribution in [3.05, 3.63) is 77.7 Å². The fourth-order valence-corrected chi connectivity index (χ4v) is 3.98. The Morgan fingerprint density at radius 2 is 1.95 bits per heavy atom. The summed E-state index contributed by atoms with van der Waals surface area (Å²) in [4.78, 5) is 0. The summed E-state index contributed by atoms with van der Waals surface area (Å²) in [6, 6.07) is 9.91. The van der Waals surface area contributed by atoms with Gasteiger partial charge in [-0.3, -0.25) is 0 Å². The summed E-state index contributed by atoms with van der Waals surface area (Å²) in [5.41, 5.74) is 1.38. The first-order chi connectivity index (χ1) is 9.22. The summed E-state index contributed by atoms with van der Waals surface area (Å²) in [5.74, 6) is 1.79. The maximum atomic E-state index is 6.03. The first-order valence-electron chi connectivity index (χ1n) is 6.68. The van der Waals surface area contributed by atoms with Crippen LogP contribution in [0.2, 0.25) is 13.1 Å². The second kappa shape index (κ2) is 8.25. The number of para-hydroxylation sites is 1. The molecule has 20 heavy (non-hydrogen) atoms. The molecule has 0 saturated heterocycles. The SMILES string of the molecule is C=CC(Oc1ccccc1)=C(C1=CC=CC1)[SiH](C)C.[Ti]. The molecule has 0 aliphatic heterocycles. The predicted octanol–water partition coefficient (Wildman–Crippen LogP) is 4.42. The molecule has 0 fully saturated rings. The molecule has 0 amide bonds. The Labute approximate surface area is 138 Å². The smallest absolute Gasteiger partial charge is 0.127 e. The molecule has 0 aromatic heterocycles. The average Bonchev–Trinajstić information content (AvgIpc) is 2.92. The van der Waals surface area contributed by atoms with E-state index in [0.717, 1.165) is 17.9 Å². The number of hydrogen-bond acceptors (Lipinski definition) is 1. The zero-order valence-corrected chi connectivity index (χ0v) is 14.8. The largest absolute Gasteiger partial charge is 0.458 e. The van der Waals surface area contributed by atoms with Crippen LogP contribution in [-0.2, 0) is 21.7 Å². The maximum Gasteiger partial charge on any atom is 0.127 e. The summed E-state index contributed by atoms with van der Waals surface area (Å²) in [5, 5.41) is 1.38. The summed E-state index contributed by atoms with van der Waals surface area (Å²) in [7, 11) is -0.980. The van der Waals surface area contributed by atoms with Gasteiger partial charge in [0, 0.05) is 21.7 Å². The van der Waals surface area contributed by atoms with Gasteiger partial charge in [0.1, 0.15) is 11.5 Å². The maximum absolute atomic E-state index is 6.03. The van der Waals surface area contributed by atoms with Crippen LogP contribution < -0.4 is 4.74 Å². The van der Waals surface area contributed by atoms with Crippen molar-refractivity contribution in [1.82, 2.24) is 0 Å². The number of ether oxygens (including phenoxy) is 1. The summed E-state index contributed by atoms with van der Waals surface area (Å²) in [6.07, 6.45) is 9.36. The Kier molecular flexibility index (Phi) is 7.00. The van der Waals surface area contributed by atoms with Gasteiger partial charge in [-0.1, -0.05) is 56.1 Å².